The lowest BCUT2D eigenvalue weighted by Crippen LogP contribution is -2.47. The van der Waals surface area contributed by atoms with E-state index in [2.05, 4.69) is 29.7 Å². The Labute approximate surface area is 191 Å². The molecule has 0 saturated carbocycles. The van der Waals surface area contributed by atoms with Crippen LogP contribution >= 0.6 is 0 Å². The van der Waals surface area contributed by atoms with Crippen LogP contribution in [0, 0.1) is 0 Å². The number of methoxy groups -OCH3 is 2. The molecule has 1 aliphatic rings. The van der Waals surface area contributed by atoms with Crippen LogP contribution in [0.15, 0.2) is 61.2 Å². The van der Waals surface area contributed by atoms with E-state index in [1.807, 2.05) is 42.5 Å². The zero-order chi connectivity index (χ0) is 22.6. The number of ether oxygens (including phenoxy) is 3. The van der Waals surface area contributed by atoms with Crippen LogP contribution in [0.1, 0.15) is 0 Å². The van der Waals surface area contributed by atoms with Gasteiger partial charge in [0.05, 0.1) is 32.1 Å². The molecular formula is C24H24N6O3. The van der Waals surface area contributed by atoms with Gasteiger partial charge in [-0.15, -0.1) is 0 Å². The van der Waals surface area contributed by atoms with E-state index in [1.54, 1.807) is 32.9 Å². The van der Waals surface area contributed by atoms with Crippen molar-refractivity contribution in [3.63, 3.8) is 0 Å². The first-order chi connectivity index (χ1) is 16.2. The second-order valence-electron chi connectivity index (χ2n) is 7.53. The molecule has 2 aromatic carbocycles. The number of piperazine rings is 1. The summed E-state index contributed by atoms with van der Waals surface area (Å²) in [4.78, 5) is 22.4. The highest BCUT2D eigenvalue weighted by molar-refractivity contribution is 5.92. The molecule has 168 valence electrons. The van der Waals surface area contributed by atoms with E-state index in [0.717, 1.165) is 48.6 Å². The van der Waals surface area contributed by atoms with Gasteiger partial charge in [-0.2, -0.15) is 0 Å². The van der Waals surface area contributed by atoms with Gasteiger partial charge in [0.25, 0.3) is 0 Å². The maximum atomic E-state index is 5.79. The predicted octanol–water partition coefficient (Wildman–Crippen LogP) is 3.56. The monoisotopic (exact) mass is 444 g/mol. The molecule has 5 rings (SSSR count). The van der Waals surface area contributed by atoms with Gasteiger partial charge >= 0.3 is 0 Å². The van der Waals surface area contributed by atoms with Crippen molar-refractivity contribution in [1.29, 1.82) is 0 Å². The first-order valence-electron chi connectivity index (χ1n) is 10.7. The molecule has 2 aromatic heterocycles. The molecule has 0 unspecified atom stereocenters. The maximum absolute atomic E-state index is 5.79. The molecule has 1 fully saturated rings. The zero-order valence-corrected chi connectivity index (χ0v) is 18.5. The molecule has 9 heteroatoms. The minimum Gasteiger partial charge on any atom is -0.493 e. The summed E-state index contributed by atoms with van der Waals surface area (Å²) >= 11 is 0. The summed E-state index contributed by atoms with van der Waals surface area (Å²) in [5.74, 6) is 4.25. The van der Waals surface area contributed by atoms with Gasteiger partial charge in [-0.05, 0) is 18.2 Å². The quantitative estimate of drug-likeness (QED) is 0.443. The number of fused-ring (bicyclic) bond motifs is 1. The Morgan fingerprint density at radius 3 is 2.09 bits per heavy atom. The van der Waals surface area contributed by atoms with Crippen LogP contribution in [0.3, 0.4) is 0 Å². The highest BCUT2D eigenvalue weighted by atomic mass is 16.5. The Morgan fingerprint density at radius 2 is 1.39 bits per heavy atom. The third kappa shape index (κ3) is 4.30. The van der Waals surface area contributed by atoms with Crippen LogP contribution in [0.5, 0.6) is 23.0 Å². The van der Waals surface area contributed by atoms with Crippen molar-refractivity contribution in [3.8, 4) is 23.0 Å². The van der Waals surface area contributed by atoms with Gasteiger partial charge in [-0.25, -0.2) is 19.9 Å². The molecule has 0 bridgehead atoms. The van der Waals surface area contributed by atoms with Gasteiger partial charge in [0.1, 0.15) is 17.9 Å². The van der Waals surface area contributed by atoms with Crippen molar-refractivity contribution in [1.82, 2.24) is 19.9 Å². The standard InChI is InChI=1S/C24H24N6O3/c1-31-21-12-19-20(13-22(21)32-2)27-16-28-23(19)29-8-10-30(11-9-29)24-25-14-18(15-26-24)33-17-6-4-3-5-7-17/h3-7,12-16H,8-11H2,1-2H3. The summed E-state index contributed by atoms with van der Waals surface area (Å²) < 4.78 is 16.7. The highest BCUT2D eigenvalue weighted by Gasteiger charge is 2.22. The lowest BCUT2D eigenvalue weighted by atomic mass is 10.2. The molecule has 1 aliphatic heterocycles. The Morgan fingerprint density at radius 1 is 0.727 bits per heavy atom. The van der Waals surface area contributed by atoms with Crippen LogP contribution < -0.4 is 24.0 Å². The molecule has 0 atom stereocenters. The first kappa shape index (κ1) is 20.7. The molecule has 0 N–H and O–H groups in total. The smallest absolute Gasteiger partial charge is 0.225 e. The fraction of sp³-hybridized carbons (Fsp3) is 0.250. The summed E-state index contributed by atoms with van der Waals surface area (Å²) in [5, 5.41) is 0.933. The van der Waals surface area contributed by atoms with E-state index in [4.69, 9.17) is 14.2 Å². The van der Waals surface area contributed by atoms with Crippen LogP contribution in [-0.2, 0) is 0 Å². The van der Waals surface area contributed by atoms with Crippen molar-refractivity contribution in [2.75, 3.05) is 50.2 Å². The van der Waals surface area contributed by atoms with Crippen molar-refractivity contribution in [3.05, 3.63) is 61.2 Å². The number of nitrogens with zero attached hydrogens (tertiary/aromatic N) is 6. The molecule has 33 heavy (non-hydrogen) atoms. The molecule has 0 amide bonds. The fourth-order valence-electron chi connectivity index (χ4n) is 3.89. The van der Waals surface area contributed by atoms with E-state index in [-0.39, 0.29) is 0 Å². The predicted molar refractivity (Wildman–Crippen MR) is 126 cm³/mol. The molecule has 1 saturated heterocycles. The van der Waals surface area contributed by atoms with Crippen molar-refractivity contribution in [2.24, 2.45) is 0 Å². The second kappa shape index (κ2) is 9.15. The SMILES string of the molecule is COc1cc2ncnc(N3CCN(c4ncc(Oc5ccccc5)cn4)CC3)c2cc1OC. The summed E-state index contributed by atoms with van der Waals surface area (Å²) in [5.41, 5.74) is 0.817. The Bertz CT molecular complexity index is 1230. The average molecular weight is 444 g/mol. The van der Waals surface area contributed by atoms with Crippen LogP contribution in [-0.4, -0.2) is 60.3 Å². The maximum Gasteiger partial charge on any atom is 0.225 e. The van der Waals surface area contributed by atoms with Crippen molar-refractivity contribution >= 4 is 22.7 Å². The lowest BCUT2D eigenvalue weighted by molar-refractivity contribution is 0.356. The molecule has 4 aromatic rings. The Hall–Kier alpha value is -4.14. The Balaban J connectivity index is 1.29. The number of para-hydroxylation sites is 1. The third-order valence-electron chi connectivity index (χ3n) is 5.58. The number of benzene rings is 2. The van der Waals surface area contributed by atoms with E-state index >= 15 is 0 Å². The van der Waals surface area contributed by atoms with Crippen molar-refractivity contribution in [2.45, 2.75) is 0 Å². The summed E-state index contributed by atoms with van der Waals surface area (Å²) in [6, 6.07) is 13.4. The summed E-state index contributed by atoms with van der Waals surface area (Å²) in [6.45, 7) is 3.12. The fourth-order valence-corrected chi connectivity index (χ4v) is 3.89. The molecule has 9 nitrogen and oxygen atoms in total. The number of hydrogen-bond acceptors (Lipinski definition) is 9. The van der Waals surface area contributed by atoms with E-state index < -0.39 is 0 Å². The van der Waals surface area contributed by atoms with Gasteiger partial charge < -0.3 is 24.0 Å². The minimum absolute atomic E-state index is 0.611. The molecule has 0 aliphatic carbocycles. The third-order valence-corrected chi connectivity index (χ3v) is 5.58. The normalized spacial score (nSPS) is 13.8. The van der Waals surface area contributed by atoms with E-state index in [1.165, 1.54) is 0 Å². The highest BCUT2D eigenvalue weighted by Crippen LogP contribution is 2.35. The molecule has 3 heterocycles. The zero-order valence-electron chi connectivity index (χ0n) is 18.5. The first-order valence-corrected chi connectivity index (χ1v) is 10.7. The minimum atomic E-state index is 0.611. The average Bonchev–Trinajstić information content (AvgIpc) is 2.88. The largest absolute Gasteiger partial charge is 0.493 e. The topological polar surface area (TPSA) is 85.7 Å². The molecule has 0 spiro atoms. The summed E-state index contributed by atoms with van der Waals surface area (Å²) in [6.07, 6.45) is 5.00. The number of anilines is 2. The van der Waals surface area contributed by atoms with Crippen LogP contribution in [0.2, 0.25) is 0 Å². The van der Waals surface area contributed by atoms with E-state index in [9.17, 15) is 0 Å². The lowest BCUT2D eigenvalue weighted by Gasteiger charge is -2.35. The van der Waals surface area contributed by atoms with E-state index in [0.29, 0.717) is 23.2 Å². The Kier molecular flexibility index (Phi) is 5.75. The van der Waals surface area contributed by atoms with Gasteiger partial charge in [0.15, 0.2) is 17.2 Å². The van der Waals surface area contributed by atoms with Crippen LogP contribution in [0.4, 0.5) is 11.8 Å². The van der Waals surface area contributed by atoms with Gasteiger partial charge in [0, 0.05) is 37.6 Å². The number of hydrogen-bond donors (Lipinski definition) is 0. The molecular weight excluding hydrogens is 420 g/mol. The van der Waals surface area contributed by atoms with Gasteiger partial charge in [-0.3, -0.25) is 0 Å². The van der Waals surface area contributed by atoms with Gasteiger partial charge in [0.2, 0.25) is 5.95 Å². The second-order valence-corrected chi connectivity index (χ2v) is 7.53. The molecule has 0 radical (unpaired) electrons. The van der Waals surface area contributed by atoms with Crippen LogP contribution in [0.25, 0.3) is 10.9 Å². The number of rotatable bonds is 6. The van der Waals surface area contributed by atoms with Gasteiger partial charge in [-0.1, -0.05) is 18.2 Å². The van der Waals surface area contributed by atoms with Crippen molar-refractivity contribution < 1.29 is 14.2 Å². The summed E-state index contributed by atoms with van der Waals surface area (Å²) in [7, 11) is 3.25. The number of aromatic nitrogens is 4.